The summed E-state index contributed by atoms with van der Waals surface area (Å²) >= 11 is 1.52. The summed E-state index contributed by atoms with van der Waals surface area (Å²) in [6.45, 7) is 1.00. The molecule has 0 heterocycles. The van der Waals surface area contributed by atoms with Crippen molar-refractivity contribution in [3.05, 3.63) is 0 Å². The van der Waals surface area contributed by atoms with Crippen LogP contribution in [-0.4, -0.2) is 17.5 Å². The first-order valence-electron chi connectivity index (χ1n) is 3.07. The van der Waals surface area contributed by atoms with E-state index in [1.165, 1.54) is 18.2 Å². The number of rotatable bonds is 4. The van der Waals surface area contributed by atoms with Gasteiger partial charge in [-0.05, 0) is 24.6 Å². The normalized spacial score (nSPS) is 7.73. The van der Waals surface area contributed by atoms with Crippen LogP contribution in [0, 0.1) is 0 Å². The molecule has 3 nitrogen and oxygen atoms in total. The molecule has 0 aliphatic rings. The molecule has 7 N–H and O–H groups in total. The lowest BCUT2D eigenvalue weighted by Gasteiger charge is -1.91. The molecule has 0 radical (unpaired) electrons. The molecule has 6 heteroatoms. The van der Waals surface area contributed by atoms with Gasteiger partial charge < -0.3 is 39.7 Å². The summed E-state index contributed by atoms with van der Waals surface area (Å²) in [4.78, 5) is 0. The molecule has 0 atom stereocenters. The summed E-state index contributed by atoms with van der Waals surface area (Å²) in [6, 6.07) is 0. The highest BCUT2D eigenvalue weighted by molar-refractivity contribution is 8.13. The maximum atomic E-state index is 5.22. The average molecular weight is 309 g/mol. The highest BCUT2D eigenvalue weighted by Crippen LogP contribution is 1.99. The summed E-state index contributed by atoms with van der Waals surface area (Å²) in [5, 5.41) is 5.69. The summed E-state index contributed by atoms with van der Waals surface area (Å²) in [5.74, 6) is 1.03. The van der Waals surface area contributed by atoms with Gasteiger partial charge in [-0.1, -0.05) is 0 Å². The Bertz CT molecular complexity index is 91.8. The molecule has 0 bridgehead atoms. The van der Waals surface area contributed by atoms with Crippen LogP contribution in [0.3, 0.4) is 0 Å². The van der Waals surface area contributed by atoms with Gasteiger partial charge in [0, 0.05) is 5.75 Å². The van der Waals surface area contributed by atoms with E-state index < -0.39 is 0 Å². The summed E-state index contributed by atoms with van der Waals surface area (Å²) < 4.78 is 0. The van der Waals surface area contributed by atoms with Crippen LogP contribution < -0.4 is 50.8 Å². The first-order chi connectivity index (χ1) is 4.27. The third-order valence-electron chi connectivity index (χ3n) is 0.913. The predicted octanol–water partition coefficient (Wildman–Crippen LogP) is -8.18. The Morgan fingerprint density at radius 1 is 1.36 bits per heavy atom. The minimum Gasteiger partial charge on any atom is -1.00 e. The number of unbranched alkanes of at least 4 members (excludes halogenated alkanes) is 1. The van der Waals surface area contributed by atoms with E-state index in [4.69, 9.17) is 11.1 Å². The van der Waals surface area contributed by atoms with E-state index in [0.717, 1.165) is 18.7 Å². The molecule has 0 aliphatic carbocycles. The zero-order valence-electron chi connectivity index (χ0n) is 6.35. The number of amidine groups is 1. The fourth-order valence-electron chi connectivity index (χ4n) is 0.469. The van der Waals surface area contributed by atoms with E-state index in [-0.39, 0.29) is 34.0 Å². The molecule has 0 saturated heterocycles. The first kappa shape index (κ1) is 17.7. The second-order valence-electron chi connectivity index (χ2n) is 1.81. The van der Waals surface area contributed by atoms with Gasteiger partial charge in [-0.2, -0.15) is 0 Å². The van der Waals surface area contributed by atoms with Gasteiger partial charge in [-0.3, -0.25) is 11.1 Å². The molecule has 0 saturated carbocycles. The number of quaternary nitrogens is 1. The average Bonchev–Trinajstić information content (AvgIpc) is 1.80. The van der Waals surface area contributed by atoms with E-state index in [0.29, 0.717) is 5.17 Å². The molecular formula is C5H15Br2N3S. The van der Waals surface area contributed by atoms with Crippen LogP contribution in [0.1, 0.15) is 12.8 Å². The first-order valence-corrected chi connectivity index (χ1v) is 4.06. The lowest BCUT2D eigenvalue weighted by molar-refractivity contribution is -0.368. The van der Waals surface area contributed by atoms with Crippen LogP contribution >= 0.6 is 11.8 Å². The maximum Gasteiger partial charge on any atom is 0.299 e. The lowest BCUT2D eigenvalue weighted by Crippen LogP contribution is -3.00. The van der Waals surface area contributed by atoms with Gasteiger partial charge in [0.05, 0.1) is 6.54 Å². The Labute approximate surface area is 92.7 Å². The predicted molar refractivity (Wildman–Crippen MR) is 40.6 cm³/mol. The van der Waals surface area contributed by atoms with E-state index in [1.807, 2.05) is 0 Å². The second kappa shape index (κ2) is 13.3. The molecule has 0 aromatic heterocycles. The zero-order chi connectivity index (χ0) is 7.11. The van der Waals surface area contributed by atoms with E-state index in [2.05, 4.69) is 5.73 Å². The largest absolute Gasteiger partial charge is 1.00 e. The number of hydrogen-bond donors (Lipinski definition) is 3. The SMILES string of the molecule is NC(=[NH2+])SCCCC[NH3+].[Br-].[Br-]. The molecule has 70 valence electrons. The Morgan fingerprint density at radius 3 is 2.27 bits per heavy atom. The summed E-state index contributed by atoms with van der Waals surface area (Å²) in [5.41, 5.74) is 8.94. The van der Waals surface area contributed by atoms with Crippen molar-refractivity contribution in [1.82, 2.24) is 0 Å². The van der Waals surface area contributed by atoms with Crippen molar-refractivity contribution in [2.45, 2.75) is 12.8 Å². The van der Waals surface area contributed by atoms with Crippen molar-refractivity contribution in [2.24, 2.45) is 5.73 Å². The number of nitrogens with two attached hydrogens (primary N) is 2. The van der Waals surface area contributed by atoms with E-state index >= 15 is 0 Å². The van der Waals surface area contributed by atoms with E-state index in [9.17, 15) is 0 Å². The molecular weight excluding hydrogens is 294 g/mol. The summed E-state index contributed by atoms with van der Waals surface area (Å²) in [6.07, 6.45) is 2.33. The van der Waals surface area contributed by atoms with Crippen molar-refractivity contribution < 1.29 is 45.1 Å². The van der Waals surface area contributed by atoms with E-state index in [1.54, 1.807) is 0 Å². The fourth-order valence-corrected chi connectivity index (χ4v) is 1.05. The Morgan fingerprint density at radius 2 is 1.91 bits per heavy atom. The molecule has 11 heavy (non-hydrogen) atoms. The molecule has 0 aromatic rings. The van der Waals surface area contributed by atoms with Crippen molar-refractivity contribution in [2.75, 3.05) is 12.3 Å². The Balaban J connectivity index is -0.000000320. The van der Waals surface area contributed by atoms with Crippen molar-refractivity contribution in [3.8, 4) is 0 Å². The van der Waals surface area contributed by atoms with Gasteiger partial charge in [0.25, 0.3) is 5.17 Å². The summed E-state index contributed by atoms with van der Waals surface area (Å²) in [7, 11) is 0. The molecule has 0 rings (SSSR count). The molecule has 0 spiro atoms. The number of halogens is 2. The molecule has 0 aromatic carbocycles. The van der Waals surface area contributed by atoms with Crippen LogP contribution in [0.25, 0.3) is 0 Å². The van der Waals surface area contributed by atoms with Crippen molar-refractivity contribution in [1.29, 1.82) is 0 Å². The molecule has 0 fully saturated rings. The van der Waals surface area contributed by atoms with Gasteiger partial charge >= 0.3 is 0 Å². The third kappa shape index (κ3) is 18.1. The number of thioether (sulfide) groups is 1. The van der Waals surface area contributed by atoms with Crippen LogP contribution in [0.15, 0.2) is 0 Å². The van der Waals surface area contributed by atoms with Crippen LogP contribution in [0.2, 0.25) is 0 Å². The lowest BCUT2D eigenvalue weighted by atomic mass is 10.3. The fraction of sp³-hybridized carbons (Fsp3) is 0.800. The maximum absolute atomic E-state index is 5.22. The van der Waals surface area contributed by atoms with Gasteiger partial charge in [-0.15, -0.1) is 0 Å². The number of hydrogen-bond acceptors (Lipinski definition) is 1. The molecule has 0 aliphatic heterocycles. The standard InChI is InChI=1S/C5H13N3S.2BrH/c6-3-1-2-4-9-5(7)8;;/h1-4,6H2,(H3,7,8);2*1H. The van der Waals surface area contributed by atoms with Crippen LogP contribution in [0.4, 0.5) is 0 Å². The topological polar surface area (TPSA) is 79.2 Å². The van der Waals surface area contributed by atoms with Gasteiger partial charge in [0.1, 0.15) is 0 Å². The van der Waals surface area contributed by atoms with Gasteiger partial charge in [-0.25, -0.2) is 0 Å². The Kier molecular flexibility index (Phi) is 21.5. The monoisotopic (exact) mass is 307 g/mol. The third-order valence-corrected chi connectivity index (χ3v) is 1.74. The van der Waals surface area contributed by atoms with Crippen molar-refractivity contribution >= 4 is 16.9 Å². The van der Waals surface area contributed by atoms with Crippen LogP contribution in [-0.2, 0) is 0 Å². The van der Waals surface area contributed by atoms with Gasteiger partial charge in [0.2, 0.25) is 0 Å². The highest BCUT2D eigenvalue weighted by atomic mass is 79.9. The highest BCUT2D eigenvalue weighted by Gasteiger charge is 1.94. The smallest absolute Gasteiger partial charge is 0.299 e. The van der Waals surface area contributed by atoms with Crippen LogP contribution in [0.5, 0.6) is 0 Å². The molecule has 0 amide bonds. The molecule has 0 unspecified atom stereocenters. The quantitative estimate of drug-likeness (QED) is 0.274. The zero-order valence-corrected chi connectivity index (χ0v) is 10.3. The second-order valence-corrected chi connectivity index (χ2v) is 2.98. The Hall–Kier alpha value is 0.740. The van der Waals surface area contributed by atoms with Gasteiger partial charge in [0.15, 0.2) is 0 Å². The minimum absolute atomic E-state index is 0. The minimum atomic E-state index is 0. The van der Waals surface area contributed by atoms with Crippen molar-refractivity contribution in [3.63, 3.8) is 0 Å².